The lowest BCUT2D eigenvalue weighted by Gasteiger charge is -2.27. The molecule has 0 aliphatic carbocycles. The van der Waals surface area contributed by atoms with E-state index in [0.717, 1.165) is 16.9 Å². The van der Waals surface area contributed by atoms with Crippen molar-refractivity contribution in [1.29, 1.82) is 0 Å². The molecule has 2 aromatic rings. The van der Waals surface area contributed by atoms with Crippen LogP contribution >= 0.6 is 0 Å². The highest BCUT2D eigenvalue weighted by Gasteiger charge is 2.24. The predicted octanol–water partition coefficient (Wildman–Crippen LogP) is 1.08. The molecule has 0 unspecified atom stereocenters. The summed E-state index contributed by atoms with van der Waals surface area (Å²) in [6.07, 6.45) is -0.281. The zero-order chi connectivity index (χ0) is 17.4. The maximum absolute atomic E-state index is 10.4. The van der Waals surface area contributed by atoms with Gasteiger partial charge in [0.2, 0.25) is 0 Å². The first kappa shape index (κ1) is 18.4. The molecule has 0 aliphatic heterocycles. The second kappa shape index (κ2) is 9.39. The van der Waals surface area contributed by atoms with Crippen molar-refractivity contribution in [3.8, 4) is 5.75 Å². The van der Waals surface area contributed by atoms with Gasteiger partial charge in [-0.25, -0.2) is 0 Å². The van der Waals surface area contributed by atoms with Gasteiger partial charge in [0.1, 0.15) is 5.75 Å². The molecule has 0 bridgehead atoms. The van der Waals surface area contributed by atoms with E-state index >= 15 is 0 Å². The highest BCUT2D eigenvalue weighted by atomic mass is 16.5. The summed E-state index contributed by atoms with van der Waals surface area (Å²) in [5.74, 6) is 0.794. The molecule has 0 aliphatic rings. The van der Waals surface area contributed by atoms with Crippen molar-refractivity contribution in [2.24, 2.45) is 5.73 Å². The summed E-state index contributed by atoms with van der Waals surface area (Å²) in [7, 11) is 1.62. The molecular weight excluding hydrogens is 304 g/mol. The topological polar surface area (TPSA) is 87.7 Å². The summed E-state index contributed by atoms with van der Waals surface area (Å²) in [5, 5.41) is 23.2. The van der Waals surface area contributed by atoms with Crippen LogP contribution in [0.1, 0.15) is 11.1 Å². The van der Waals surface area contributed by atoms with Crippen LogP contribution < -0.4 is 15.8 Å². The zero-order valence-electron chi connectivity index (χ0n) is 13.9. The Morgan fingerprint density at radius 2 is 1.71 bits per heavy atom. The smallest absolute Gasteiger partial charge is 0.118 e. The van der Waals surface area contributed by atoms with Crippen LogP contribution in [-0.4, -0.2) is 42.1 Å². The second-order valence-electron chi connectivity index (χ2n) is 5.86. The van der Waals surface area contributed by atoms with Gasteiger partial charge in [0.05, 0.1) is 25.9 Å². The minimum Gasteiger partial charge on any atom is -0.497 e. The van der Waals surface area contributed by atoms with Crippen LogP contribution in [0.25, 0.3) is 0 Å². The maximum atomic E-state index is 10.4. The fourth-order valence-electron chi connectivity index (χ4n) is 2.59. The van der Waals surface area contributed by atoms with Gasteiger partial charge in [0.25, 0.3) is 0 Å². The van der Waals surface area contributed by atoms with Crippen LogP contribution in [0.15, 0.2) is 54.6 Å². The van der Waals surface area contributed by atoms with Gasteiger partial charge in [0, 0.05) is 12.6 Å². The summed E-state index contributed by atoms with van der Waals surface area (Å²) in [5.41, 5.74) is 8.22. The molecule has 0 saturated heterocycles. The van der Waals surface area contributed by atoms with Gasteiger partial charge >= 0.3 is 0 Å². The second-order valence-corrected chi connectivity index (χ2v) is 5.86. The van der Waals surface area contributed by atoms with Crippen molar-refractivity contribution in [2.45, 2.75) is 31.2 Å². The first-order valence-electron chi connectivity index (χ1n) is 8.08. The SMILES string of the molecule is COc1ccc(CN[C@@H](CO)[C@H](O)[C@H](N)Cc2ccccc2)cc1. The third-order valence-corrected chi connectivity index (χ3v) is 4.09. The van der Waals surface area contributed by atoms with Crippen LogP contribution in [0.2, 0.25) is 0 Å². The number of benzene rings is 2. The van der Waals surface area contributed by atoms with Crippen molar-refractivity contribution in [1.82, 2.24) is 5.32 Å². The minimum absolute atomic E-state index is 0.181. The van der Waals surface area contributed by atoms with E-state index in [9.17, 15) is 10.2 Å². The molecule has 2 aromatic carbocycles. The Kier molecular flexibility index (Phi) is 7.21. The van der Waals surface area contributed by atoms with E-state index in [0.29, 0.717) is 13.0 Å². The molecule has 5 heteroatoms. The molecule has 24 heavy (non-hydrogen) atoms. The Morgan fingerprint density at radius 1 is 1.04 bits per heavy atom. The van der Waals surface area contributed by atoms with E-state index in [4.69, 9.17) is 10.5 Å². The number of hydrogen-bond acceptors (Lipinski definition) is 5. The molecule has 0 saturated carbocycles. The van der Waals surface area contributed by atoms with Crippen LogP contribution in [0, 0.1) is 0 Å². The minimum atomic E-state index is -0.839. The van der Waals surface area contributed by atoms with Gasteiger partial charge in [-0.1, -0.05) is 42.5 Å². The molecular formula is C19H26N2O3. The van der Waals surface area contributed by atoms with E-state index in [2.05, 4.69) is 5.32 Å². The highest BCUT2D eigenvalue weighted by molar-refractivity contribution is 5.27. The first-order valence-corrected chi connectivity index (χ1v) is 8.08. The van der Waals surface area contributed by atoms with Gasteiger partial charge in [-0.2, -0.15) is 0 Å². The fraction of sp³-hybridized carbons (Fsp3) is 0.368. The molecule has 0 heterocycles. The van der Waals surface area contributed by atoms with E-state index in [1.807, 2.05) is 54.6 Å². The molecule has 5 N–H and O–H groups in total. The van der Waals surface area contributed by atoms with Crippen molar-refractivity contribution >= 4 is 0 Å². The standard InChI is InChI=1S/C19H26N2O3/c1-24-16-9-7-15(8-10-16)12-21-18(13-22)19(23)17(20)11-14-5-3-2-4-6-14/h2-10,17-19,21-23H,11-13,20H2,1H3/t17-,18+,19-/m1/s1. The predicted molar refractivity (Wildman–Crippen MR) is 94.8 cm³/mol. The lowest BCUT2D eigenvalue weighted by Crippen LogP contribution is -2.52. The Bertz CT molecular complexity index is 589. The quantitative estimate of drug-likeness (QED) is 0.553. The summed E-state index contributed by atoms with van der Waals surface area (Å²) >= 11 is 0. The van der Waals surface area contributed by atoms with E-state index in [-0.39, 0.29) is 6.61 Å². The highest BCUT2D eigenvalue weighted by Crippen LogP contribution is 2.12. The van der Waals surface area contributed by atoms with Crippen molar-refractivity contribution in [3.05, 3.63) is 65.7 Å². The summed E-state index contributed by atoms with van der Waals surface area (Å²) in [6.45, 7) is 0.351. The molecule has 0 amide bonds. The number of nitrogens with two attached hydrogens (primary N) is 1. The van der Waals surface area contributed by atoms with Gasteiger partial charge in [0.15, 0.2) is 0 Å². The number of hydrogen-bond donors (Lipinski definition) is 4. The number of aliphatic hydroxyl groups excluding tert-OH is 2. The molecule has 0 radical (unpaired) electrons. The van der Waals surface area contributed by atoms with E-state index < -0.39 is 18.2 Å². The van der Waals surface area contributed by atoms with Gasteiger partial charge in [-0.3, -0.25) is 0 Å². The number of ether oxygens (including phenoxy) is 1. The van der Waals surface area contributed by atoms with Crippen molar-refractivity contribution in [2.75, 3.05) is 13.7 Å². The Balaban J connectivity index is 1.88. The monoisotopic (exact) mass is 330 g/mol. The number of methoxy groups -OCH3 is 1. The van der Waals surface area contributed by atoms with Gasteiger partial charge in [-0.05, 0) is 29.7 Å². The summed E-state index contributed by atoms with van der Waals surface area (Å²) < 4.78 is 5.13. The summed E-state index contributed by atoms with van der Waals surface area (Å²) in [4.78, 5) is 0. The number of nitrogens with one attached hydrogen (secondary N) is 1. The van der Waals surface area contributed by atoms with Crippen molar-refractivity contribution < 1.29 is 14.9 Å². The number of aliphatic hydroxyl groups is 2. The molecule has 2 rings (SSSR count). The van der Waals surface area contributed by atoms with E-state index in [1.165, 1.54) is 0 Å². The molecule has 5 nitrogen and oxygen atoms in total. The third-order valence-electron chi connectivity index (χ3n) is 4.09. The molecule has 130 valence electrons. The zero-order valence-corrected chi connectivity index (χ0v) is 13.9. The molecule has 0 fully saturated rings. The largest absolute Gasteiger partial charge is 0.497 e. The van der Waals surface area contributed by atoms with Crippen LogP contribution in [0.4, 0.5) is 0 Å². The van der Waals surface area contributed by atoms with Crippen LogP contribution in [0.3, 0.4) is 0 Å². The normalized spacial score (nSPS) is 14.8. The third kappa shape index (κ3) is 5.32. The molecule has 0 aromatic heterocycles. The van der Waals surface area contributed by atoms with Crippen LogP contribution in [0.5, 0.6) is 5.75 Å². The number of rotatable bonds is 9. The Hall–Kier alpha value is -1.92. The van der Waals surface area contributed by atoms with Crippen molar-refractivity contribution in [3.63, 3.8) is 0 Å². The average Bonchev–Trinajstić information content (AvgIpc) is 2.63. The summed E-state index contributed by atoms with van der Waals surface area (Å²) in [6, 6.07) is 16.5. The maximum Gasteiger partial charge on any atom is 0.118 e. The lowest BCUT2D eigenvalue weighted by atomic mass is 9.97. The molecule has 0 spiro atoms. The van der Waals surface area contributed by atoms with E-state index in [1.54, 1.807) is 7.11 Å². The van der Waals surface area contributed by atoms with Crippen LogP contribution in [-0.2, 0) is 13.0 Å². The Morgan fingerprint density at radius 3 is 2.29 bits per heavy atom. The molecule has 3 atom stereocenters. The Labute approximate surface area is 143 Å². The van der Waals surface area contributed by atoms with Gasteiger partial charge in [-0.15, -0.1) is 0 Å². The van der Waals surface area contributed by atoms with Gasteiger partial charge < -0.3 is 26.0 Å². The average molecular weight is 330 g/mol. The lowest BCUT2D eigenvalue weighted by molar-refractivity contribution is 0.0690. The first-order chi connectivity index (χ1) is 11.6. The fourth-order valence-corrected chi connectivity index (χ4v) is 2.59.